The van der Waals surface area contributed by atoms with Gasteiger partial charge < -0.3 is 15.8 Å². The van der Waals surface area contributed by atoms with Crippen LogP contribution in [-0.2, 0) is 0 Å². The van der Waals surface area contributed by atoms with Gasteiger partial charge in [-0.3, -0.25) is 0 Å². The first kappa shape index (κ1) is 12.6. The third-order valence-electron chi connectivity index (χ3n) is 2.82. The van der Waals surface area contributed by atoms with Gasteiger partial charge >= 0.3 is 5.97 Å². The first-order valence-corrected chi connectivity index (χ1v) is 6.70. The van der Waals surface area contributed by atoms with E-state index in [1.807, 2.05) is 30.3 Å². The van der Waals surface area contributed by atoms with Crippen LogP contribution in [0.1, 0.15) is 10.5 Å². The zero-order valence-corrected chi connectivity index (χ0v) is 11.1. The fourth-order valence-corrected chi connectivity index (χ4v) is 2.74. The third kappa shape index (κ3) is 2.33. The first-order valence-electron chi connectivity index (χ1n) is 5.89. The van der Waals surface area contributed by atoms with Crippen LogP contribution in [0.15, 0.2) is 52.5 Å². The van der Waals surface area contributed by atoms with Gasteiger partial charge in [-0.2, -0.15) is 0 Å². The molecule has 0 aliphatic carbocycles. The number of nitrogen functional groups attached to an aromatic ring is 1. The SMILES string of the molecule is Nc1ccc(C(=O)O)nc1Sc1cc2ccccc2[nH]1. The minimum Gasteiger partial charge on any atom is -0.477 e. The predicted molar refractivity (Wildman–Crippen MR) is 78.0 cm³/mol. The van der Waals surface area contributed by atoms with E-state index in [1.54, 1.807) is 6.07 Å². The van der Waals surface area contributed by atoms with Gasteiger partial charge in [0.05, 0.1) is 10.7 Å². The number of carboxylic acids is 1. The minimum atomic E-state index is -1.07. The molecule has 3 rings (SSSR count). The summed E-state index contributed by atoms with van der Waals surface area (Å²) in [5.74, 6) is -1.07. The van der Waals surface area contributed by atoms with E-state index >= 15 is 0 Å². The van der Waals surface area contributed by atoms with Crippen molar-refractivity contribution in [3.05, 3.63) is 48.2 Å². The van der Waals surface area contributed by atoms with Crippen LogP contribution in [0.25, 0.3) is 10.9 Å². The summed E-state index contributed by atoms with van der Waals surface area (Å²) in [6.45, 7) is 0. The van der Waals surface area contributed by atoms with Gasteiger partial charge in [0.2, 0.25) is 0 Å². The Labute approximate surface area is 118 Å². The molecule has 6 heteroatoms. The molecule has 0 aliphatic heterocycles. The Hall–Kier alpha value is -2.47. The Kier molecular flexibility index (Phi) is 3.08. The predicted octanol–water partition coefficient (Wildman–Crippen LogP) is 2.99. The smallest absolute Gasteiger partial charge is 0.354 e. The van der Waals surface area contributed by atoms with E-state index in [1.165, 1.54) is 17.8 Å². The molecule has 0 atom stereocenters. The standard InChI is InChI=1S/C14H11N3O2S/c15-9-5-6-11(14(18)19)17-13(9)20-12-7-8-3-1-2-4-10(8)16-12/h1-7,16H,15H2,(H,18,19). The Morgan fingerprint density at radius 1 is 1.25 bits per heavy atom. The maximum absolute atomic E-state index is 10.9. The average molecular weight is 285 g/mol. The fourth-order valence-electron chi connectivity index (χ4n) is 1.86. The Bertz CT molecular complexity index is 765. The van der Waals surface area contributed by atoms with Crippen molar-refractivity contribution in [2.24, 2.45) is 0 Å². The van der Waals surface area contributed by atoms with E-state index in [2.05, 4.69) is 9.97 Å². The highest BCUT2D eigenvalue weighted by Crippen LogP contribution is 2.32. The second-order valence-corrected chi connectivity index (χ2v) is 5.25. The minimum absolute atomic E-state index is 0.0159. The number of hydrogen-bond donors (Lipinski definition) is 3. The number of H-pyrrole nitrogens is 1. The molecule has 0 saturated heterocycles. The molecule has 0 fully saturated rings. The molecule has 0 saturated carbocycles. The lowest BCUT2D eigenvalue weighted by atomic mass is 10.3. The van der Waals surface area contributed by atoms with Gasteiger partial charge in [-0.15, -0.1) is 0 Å². The van der Waals surface area contributed by atoms with Crippen molar-refractivity contribution in [3.63, 3.8) is 0 Å². The lowest BCUT2D eigenvalue weighted by molar-refractivity contribution is 0.0690. The van der Waals surface area contributed by atoms with Crippen LogP contribution in [-0.4, -0.2) is 21.0 Å². The van der Waals surface area contributed by atoms with E-state index < -0.39 is 5.97 Å². The van der Waals surface area contributed by atoms with Gasteiger partial charge in [0, 0.05) is 10.9 Å². The number of para-hydroxylation sites is 1. The van der Waals surface area contributed by atoms with E-state index in [-0.39, 0.29) is 5.69 Å². The Morgan fingerprint density at radius 3 is 2.80 bits per heavy atom. The number of rotatable bonds is 3. The van der Waals surface area contributed by atoms with Gasteiger partial charge in [0.1, 0.15) is 10.7 Å². The van der Waals surface area contributed by atoms with Crippen molar-refractivity contribution in [2.75, 3.05) is 5.73 Å². The van der Waals surface area contributed by atoms with Gasteiger partial charge in [-0.25, -0.2) is 9.78 Å². The number of pyridine rings is 1. The first-order chi connectivity index (χ1) is 9.63. The molecule has 0 bridgehead atoms. The monoisotopic (exact) mass is 285 g/mol. The molecule has 2 heterocycles. The number of nitrogens with zero attached hydrogens (tertiary/aromatic N) is 1. The number of carbonyl (C=O) groups is 1. The molecule has 100 valence electrons. The molecular formula is C14H11N3O2S. The highest BCUT2D eigenvalue weighted by Gasteiger charge is 2.11. The molecule has 4 N–H and O–H groups in total. The fraction of sp³-hybridized carbons (Fsp3) is 0. The molecule has 0 radical (unpaired) electrons. The third-order valence-corrected chi connectivity index (χ3v) is 3.78. The van der Waals surface area contributed by atoms with Crippen molar-refractivity contribution < 1.29 is 9.90 Å². The zero-order chi connectivity index (χ0) is 14.1. The molecule has 5 nitrogen and oxygen atoms in total. The molecule has 20 heavy (non-hydrogen) atoms. The Morgan fingerprint density at radius 2 is 2.05 bits per heavy atom. The summed E-state index contributed by atoms with van der Waals surface area (Å²) in [6, 6.07) is 12.8. The van der Waals surface area contributed by atoms with Crippen molar-refractivity contribution in [1.29, 1.82) is 0 Å². The number of hydrogen-bond acceptors (Lipinski definition) is 4. The van der Waals surface area contributed by atoms with Crippen molar-refractivity contribution >= 4 is 34.3 Å². The average Bonchev–Trinajstić information content (AvgIpc) is 2.83. The molecule has 0 aliphatic rings. The number of benzene rings is 1. The van der Waals surface area contributed by atoms with E-state index in [9.17, 15) is 4.79 Å². The number of aromatic carboxylic acids is 1. The van der Waals surface area contributed by atoms with Gasteiger partial charge in [0.25, 0.3) is 0 Å². The summed E-state index contributed by atoms with van der Waals surface area (Å²) in [6.07, 6.45) is 0. The van der Waals surface area contributed by atoms with Crippen LogP contribution in [0.4, 0.5) is 5.69 Å². The number of carboxylic acid groups (broad SMARTS) is 1. The van der Waals surface area contributed by atoms with Crippen LogP contribution in [0.5, 0.6) is 0 Å². The lowest BCUT2D eigenvalue weighted by Gasteiger charge is -2.03. The molecule has 2 aromatic heterocycles. The zero-order valence-electron chi connectivity index (χ0n) is 10.3. The maximum atomic E-state index is 10.9. The van der Waals surface area contributed by atoms with Gasteiger partial charge in [-0.1, -0.05) is 30.0 Å². The van der Waals surface area contributed by atoms with Crippen molar-refractivity contribution in [3.8, 4) is 0 Å². The van der Waals surface area contributed by atoms with E-state index in [0.717, 1.165) is 15.9 Å². The number of aromatic nitrogens is 2. The van der Waals surface area contributed by atoms with Crippen molar-refractivity contribution in [1.82, 2.24) is 9.97 Å². The Balaban J connectivity index is 1.97. The molecular weight excluding hydrogens is 274 g/mol. The van der Waals surface area contributed by atoms with Crippen LogP contribution in [0.2, 0.25) is 0 Å². The number of fused-ring (bicyclic) bond motifs is 1. The summed E-state index contributed by atoms with van der Waals surface area (Å²) >= 11 is 1.32. The van der Waals surface area contributed by atoms with Gasteiger partial charge in [0.15, 0.2) is 0 Å². The number of nitrogens with two attached hydrogens (primary N) is 1. The normalized spacial score (nSPS) is 10.8. The molecule has 0 amide bonds. The number of aromatic amines is 1. The van der Waals surface area contributed by atoms with Gasteiger partial charge in [-0.05, 0) is 24.3 Å². The topological polar surface area (TPSA) is 92.0 Å². The molecule has 1 aromatic carbocycles. The molecule has 0 spiro atoms. The van der Waals surface area contributed by atoms with Crippen molar-refractivity contribution in [2.45, 2.75) is 10.1 Å². The second kappa shape index (κ2) is 4.90. The molecule has 3 aromatic rings. The largest absolute Gasteiger partial charge is 0.477 e. The summed E-state index contributed by atoms with van der Waals surface area (Å²) in [4.78, 5) is 18.2. The van der Waals surface area contributed by atoms with Crippen LogP contribution in [0, 0.1) is 0 Å². The van der Waals surface area contributed by atoms with Crippen LogP contribution in [0.3, 0.4) is 0 Å². The summed E-state index contributed by atoms with van der Waals surface area (Å²) in [7, 11) is 0. The summed E-state index contributed by atoms with van der Waals surface area (Å²) < 4.78 is 0. The molecule has 0 unspecified atom stereocenters. The number of nitrogens with one attached hydrogen (secondary N) is 1. The lowest BCUT2D eigenvalue weighted by Crippen LogP contribution is -2.02. The summed E-state index contributed by atoms with van der Waals surface area (Å²) in [5, 5.41) is 11.4. The maximum Gasteiger partial charge on any atom is 0.354 e. The van der Waals surface area contributed by atoms with Crippen LogP contribution >= 0.6 is 11.8 Å². The van der Waals surface area contributed by atoms with E-state index in [0.29, 0.717) is 10.7 Å². The van der Waals surface area contributed by atoms with Crippen LogP contribution < -0.4 is 5.73 Å². The summed E-state index contributed by atoms with van der Waals surface area (Å²) in [5.41, 5.74) is 7.30. The van der Waals surface area contributed by atoms with E-state index in [4.69, 9.17) is 10.8 Å². The second-order valence-electron chi connectivity index (χ2n) is 4.22. The highest BCUT2D eigenvalue weighted by atomic mass is 32.2. The number of anilines is 1. The highest BCUT2D eigenvalue weighted by molar-refractivity contribution is 7.99. The quantitative estimate of drug-likeness (QED) is 0.688.